The van der Waals surface area contributed by atoms with E-state index in [1.165, 1.54) is 16.8 Å². The molecular weight excluding hydrogens is 281 g/mol. The van der Waals surface area contributed by atoms with Crippen LogP contribution in [0.2, 0.25) is 0 Å². The first-order valence-electron chi connectivity index (χ1n) is 6.27. The summed E-state index contributed by atoms with van der Waals surface area (Å²) in [5.41, 5.74) is 1.74. The fourth-order valence-corrected chi connectivity index (χ4v) is 1.78. The SMILES string of the molecule is [C-]#[N+]c1cc(F)cc(-n2ccc(C#Cc3cnccn3)n2)c1. The minimum atomic E-state index is -0.480. The number of rotatable bonds is 1. The number of aromatic nitrogens is 4. The first kappa shape index (κ1) is 13.5. The zero-order valence-corrected chi connectivity index (χ0v) is 11.2. The van der Waals surface area contributed by atoms with Gasteiger partial charge in [0, 0.05) is 18.6 Å². The monoisotopic (exact) mass is 289 g/mol. The molecule has 2 aromatic heterocycles. The van der Waals surface area contributed by atoms with Crippen LogP contribution < -0.4 is 0 Å². The molecule has 5 nitrogen and oxygen atoms in total. The van der Waals surface area contributed by atoms with Crippen molar-refractivity contribution in [1.29, 1.82) is 0 Å². The molecule has 2 heterocycles. The summed E-state index contributed by atoms with van der Waals surface area (Å²) >= 11 is 0. The maximum Gasteiger partial charge on any atom is 0.192 e. The summed E-state index contributed by atoms with van der Waals surface area (Å²) in [7, 11) is 0. The molecule has 0 bridgehead atoms. The van der Waals surface area contributed by atoms with Crippen molar-refractivity contribution in [2.45, 2.75) is 0 Å². The smallest absolute Gasteiger partial charge is 0.192 e. The van der Waals surface area contributed by atoms with Crippen LogP contribution in [0.1, 0.15) is 11.4 Å². The van der Waals surface area contributed by atoms with Crippen LogP contribution in [0.15, 0.2) is 49.1 Å². The molecule has 0 atom stereocenters. The summed E-state index contributed by atoms with van der Waals surface area (Å²) in [6.07, 6.45) is 6.34. The van der Waals surface area contributed by atoms with E-state index in [1.54, 1.807) is 36.9 Å². The number of hydrogen-bond acceptors (Lipinski definition) is 3. The molecule has 0 fully saturated rings. The van der Waals surface area contributed by atoms with E-state index in [0.29, 0.717) is 17.1 Å². The normalized spacial score (nSPS) is 9.64. The van der Waals surface area contributed by atoms with E-state index in [1.807, 2.05) is 0 Å². The summed E-state index contributed by atoms with van der Waals surface area (Å²) in [5, 5.41) is 4.24. The second-order valence-electron chi connectivity index (χ2n) is 4.27. The molecule has 22 heavy (non-hydrogen) atoms. The fourth-order valence-electron chi connectivity index (χ4n) is 1.78. The standard InChI is InChI=1S/C16H8FN5/c1-18-15-8-12(17)9-16(10-15)22-7-4-13(21-22)2-3-14-11-19-5-6-20-14/h4-11H. The van der Waals surface area contributed by atoms with Gasteiger partial charge in [-0.15, -0.1) is 0 Å². The molecule has 0 aliphatic heterocycles. The lowest BCUT2D eigenvalue weighted by molar-refractivity contribution is 0.626. The van der Waals surface area contributed by atoms with Crippen LogP contribution in [0, 0.1) is 24.2 Å². The van der Waals surface area contributed by atoms with Gasteiger partial charge in [0.15, 0.2) is 5.69 Å². The fraction of sp³-hybridized carbons (Fsp3) is 0. The van der Waals surface area contributed by atoms with Crippen molar-refractivity contribution in [3.05, 3.63) is 77.7 Å². The quantitative estimate of drug-likeness (QED) is 0.511. The molecule has 0 saturated heterocycles. The zero-order chi connectivity index (χ0) is 15.4. The van der Waals surface area contributed by atoms with Gasteiger partial charge in [0.25, 0.3) is 0 Å². The van der Waals surface area contributed by atoms with Gasteiger partial charge in [-0.05, 0) is 36.1 Å². The highest BCUT2D eigenvalue weighted by Crippen LogP contribution is 2.19. The first-order valence-corrected chi connectivity index (χ1v) is 6.27. The van der Waals surface area contributed by atoms with E-state index in [0.717, 1.165) is 0 Å². The molecule has 0 radical (unpaired) electrons. The van der Waals surface area contributed by atoms with Gasteiger partial charge in [-0.3, -0.25) is 4.98 Å². The van der Waals surface area contributed by atoms with E-state index < -0.39 is 5.82 Å². The maximum atomic E-state index is 13.4. The topological polar surface area (TPSA) is 48.0 Å². The number of benzene rings is 1. The first-order chi connectivity index (χ1) is 10.7. The summed E-state index contributed by atoms with van der Waals surface area (Å²) in [6, 6.07) is 5.74. The summed E-state index contributed by atoms with van der Waals surface area (Å²) in [5.74, 6) is 5.21. The van der Waals surface area contributed by atoms with Gasteiger partial charge < -0.3 is 0 Å². The van der Waals surface area contributed by atoms with E-state index in [2.05, 4.69) is 31.8 Å². The molecule has 6 heteroatoms. The van der Waals surface area contributed by atoms with Gasteiger partial charge in [-0.2, -0.15) is 5.10 Å². The summed E-state index contributed by atoms with van der Waals surface area (Å²) in [6.45, 7) is 6.96. The molecular formula is C16H8FN5. The van der Waals surface area contributed by atoms with Gasteiger partial charge in [0.2, 0.25) is 0 Å². The average Bonchev–Trinajstić information content (AvgIpc) is 3.02. The van der Waals surface area contributed by atoms with E-state index >= 15 is 0 Å². The van der Waals surface area contributed by atoms with Crippen molar-refractivity contribution in [2.75, 3.05) is 0 Å². The van der Waals surface area contributed by atoms with Crippen LogP contribution in [-0.2, 0) is 0 Å². The Balaban J connectivity index is 1.90. The molecule has 0 aliphatic rings. The Bertz CT molecular complexity index is 913. The van der Waals surface area contributed by atoms with Crippen molar-refractivity contribution >= 4 is 5.69 Å². The highest BCUT2D eigenvalue weighted by molar-refractivity contribution is 5.52. The van der Waals surface area contributed by atoms with E-state index in [-0.39, 0.29) is 5.69 Å². The molecule has 104 valence electrons. The minimum absolute atomic E-state index is 0.220. The molecule has 3 rings (SSSR count). The Hall–Kier alpha value is -3.51. The maximum absolute atomic E-state index is 13.4. The van der Waals surface area contributed by atoms with Crippen LogP contribution >= 0.6 is 0 Å². The lowest BCUT2D eigenvalue weighted by atomic mass is 10.3. The third-order valence-corrected chi connectivity index (χ3v) is 2.73. The summed E-state index contributed by atoms with van der Waals surface area (Å²) in [4.78, 5) is 11.2. The van der Waals surface area contributed by atoms with Crippen molar-refractivity contribution in [3.8, 4) is 17.5 Å². The van der Waals surface area contributed by atoms with Gasteiger partial charge in [0.1, 0.15) is 17.2 Å². The third-order valence-electron chi connectivity index (χ3n) is 2.73. The Labute approximate surface area is 125 Å². The second-order valence-corrected chi connectivity index (χ2v) is 4.27. The van der Waals surface area contributed by atoms with E-state index in [4.69, 9.17) is 6.57 Å². The van der Waals surface area contributed by atoms with Crippen LogP contribution in [-0.4, -0.2) is 19.7 Å². The molecule has 0 amide bonds. The van der Waals surface area contributed by atoms with Crippen molar-refractivity contribution in [1.82, 2.24) is 19.7 Å². The average molecular weight is 289 g/mol. The van der Waals surface area contributed by atoms with Crippen molar-refractivity contribution < 1.29 is 4.39 Å². The van der Waals surface area contributed by atoms with Gasteiger partial charge in [-0.25, -0.2) is 18.9 Å². The van der Waals surface area contributed by atoms with Crippen LogP contribution in [0.25, 0.3) is 10.5 Å². The van der Waals surface area contributed by atoms with E-state index in [9.17, 15) is 4.39 Å². The molecule has 0 aliphatic carbocycles. The molecule has 1 aromatic carbocycles. The zero-order valence-electron chi connectivity index (χ0n) is 11.2. The van der Waals surface area contributed by atoms with Crippen molar-refractivity contribution in [3.63, 3.8) is 0 Å². The van der Waals surface area contributed by atoms with Crippen LogP contribution in [0.3, 0.4) is 0 Å². The Kier molecular flexibility index (Phi) is 3.59. The minimum Gasteiger partial charge on any atom is -0.260 e. The third kappa shape index (κ3) is 2.97. The molecule has 0 spiro atoms. The predicted octanol–water partition coefficient (Wildman–Crippen LogP) is 2.75. The molecule has 0 unspecified atom stereocenters. The largest absolute Gasteiger partial charge is 0.260 e. The Morgan fingerprint density at radius 1 is 1.14 bits per heavy atom. The van der Waals surface area contributed by atoms with Gasteiger partial charge in [-0.1, -0.05) is 0 Å². The second kappa shape index (κ2) is 5.86. The molecule has 0 N–H and O–H groups in total. The highest BCUT2D eigenvalue weighted by atomic mass is 19.1. The highest BCUT2D eigenvalue weighted by Gasteiger charge is 2.04. The van der Waals surface area contributed by atoms with Crippen molar-refractivity contribution in [2.24, 2.45) is 0 Å². The lowest BCUT2D eigenvalue weighted by Crippen LogP contribution is -1.95. The Morgan fingerprint density at radius 2 is 2.00 bits per heavy atom. The van der Waals surface area contributed by atoms with Gasteiger partial charge in [0.05, 0.1) is 18.5 Å². The Morgan fingerprint density at radius 3 is 2.77 bits per heavy atom. The number of halogens is 1. The predicted molar refractivity (Wildman–Crippen MR) is 77.8 cm³/mol. The summed E-state index contributed by atoms with van der Waals surface area (Å²) < 4.78 is 14.9. The number of hydrogen-bond donors (Lipinski definition) is 0. The molecule has 0 saturated carbocycles. The van der Waals surface area contributed by atoms with Crippen LogP contribution in [0.5, 0.6) is 0 Å². The molecule has 3 aromatic rings. The number of nitrogens with zero attached hydrogens (tertiary/aromatic N) is 5. The van der Waals surface area contributed by atoms with Crippen LogP contribution in [0.4, 0.5) is 10.1 Å². The van der Waals surface area contributed by atoms with Gasteiger partial charge >= 0.3 is 0 Å². The lowest BCUT2D eigenvalue weighted by Gasteiger charge is -2.01.